The molecule has 3 atom stereocenters. The maximum Gasteiger partial charge on any atom is 0.338 e. The summed E-state index contributed by atoms with van der Waals surface area (Å²) in [6.07, 6.45) is 7.24. The molecular weight excluding hydrogens is 412 g/mol. The van der Waals surface area contributed by atoms with E-state index in [9.17, 15) is 9.59 Å². The third-order valence-electron chi connectivity index (χ3n) is 5.37. The molecule has 3 unspecified atom stereocenters. The summed E-state index contributed by atoms with van der Waals surface area (Å²) in [6.45, 7) is 12.0. The molecule has 0 aliphatic heterocycles. The molecule has 0 fully saturated rings. The zero-order valence-electron chi connectivity index (χ0n) is 20.7. The van der Waals surface area contributed by atoms with E-state index in [0.29, 0.717) is 17.5 Å². The van der Waals surface area contributed by atoms with Crippen molar-refractivity contribution in [2.45, 2.75) is 78.4 Å². The van der Waals surface area contributed by atoms with Crippen LogP contribution in [0, 0.1) is 5.92 Å². The number of ether oxygens (including phenoxy) is 2. The van der Waals surface area contributed by atoms with E-state index in [0.717, 1.165) is 18.8 Å². The highest BCUT2D eigenvalue weighted by Gasteiger charge is 2.21. The van der Waals surface area contributed by atoms with Gasteiger partial charge in [-0.3, -0.25) is 0 Å². The first-order valence-corrected chi connectivity index (χ1v) is 12.0. The number of esters is 2. The molecule has 33 heavy (non-hydrogen) atoms. The Morgan fingerprint density at radius 2 is 1.36 bits per heavy atom. The van der Waals surface area contributed by atoms with Crippen molar-refractivity contribution in [2.75, 3.05) is 0 Å². The molecule has 0 aliphatic rings. The Bertz CT molecular complexity index is 801. The minimum Gasteiger partial charge on any atom is -0.459 e. The van der Waals surface area contributed by atoms with Crippen LogP contribution in [0.3, 0.4) is 0 Å². The van der Waals surface area contributed by atoms with Crippen molar-refractivity contribution in [3.8, 4) is 0 Å². The van der Waals surface area contributed by atoms with Gasteiger partial charge in [0.05, 0.1) is 11.1 Å². The van der Waals surface area contributed by atoms with Crippen molar-refractivity contribution in [3.63, 3.8) is 0 Å². The van der Waals surface area contributed by atoms with Crippen molar-refractivity contribution in [2.24, 2.45) is 5.92 Å². The van der Waals surface area contributed by atoms with Gasteiger partial charge in [0.15, 0.2) is 0 Å². The molecule has 0 aliphatic carbocycles. The van der Waals surface area contributed by atoms with Crippen LogP contribution in [0.15, 0.2) is 73.3 Å². The Hall–Kier alpha value is -2.88. The first-order valence-electron chi connectivity index (χ1n) is 12.0. The lowest BCUT2D eigenvalue weighted by Crippen LogP contribution is -2.25. The number of hydrogen-bond acceptors (Lipinski definition) is 4. The van der Waals surface area contributed by atoms with Gasteiger partial charge in [-0.1, -0.05) is 76.1 Å². The summed E-state index contributed by atoms with van der Waals surface area (Å²) >= 11 is 0. The van der Waals surface area contributed by atoms with Crippen molar-refractivity contribution in [1.29, 1.82) is 0 Å². The second kappa shape index (κ2) is 16.7. The highest BCUT2D eigenvalue weighted by Crippen LogP contribution is 2.16. The average Bonchev–Trinajstić information content (AvgIpc) is 2.84. The van der Waals surface area contributed by atoms with Gasteiger partial charge in [-0.05, 0) is 56.4 Å². The zero-order valence-corrected chi connectivity index (χ0v) is 20.7. The largest absolute Gasteiger partial charge is 0.459 e. The lowest BCUT2D eigenvalue weighted by Gasteiger charge is -2.21. The van der Waals surface area contributed by atoms with Crippen LogP contribution >= 0.6 is 0 Å². The molecule has 0 N–H and O–H groups in total. The lowest BCUT2D eigenvalue weighted by molar-refractivity contribution is 0.00162. The van der Waals surface area contributed by atoms with Crippen LogP contribution in [0.2, 0.25) is 0 Å². The number of carbonyl (C=O) groups excluding carboxylic acids is 2. The molecule has 4 heteroatoms. The van der Waals surface area contributed by atoms with Crippen LogP contribution in [0.25, 0.3) is 0 Å². The average molecular weight is 453 g/mol. The molecular formula is C29H40O4. The van der Waals surface area contributed by atoms with Gasteiger partial charge in [0, 0.05) is 6.42 Å². The van der Waals surface area contributed by atoms with E-state index in [4.69, 9.17) is 9.47 Å². The Balaban J connectivity index is 0.000000582. The maximum atomic E-state index is 12.2. The number of rotatable bonds is 12. The molecule has 0 radical (unpaired) electrons. The van der Waals surface area contributed by atoms with Crippen molar-refractivity contribution >= 4 is 11.9 Å². The summed E-state index contributed by atoms with van der Waals surface area (Å²) in [7, 11) is 0. The topological polar surface area (TPSA) is 52.6 Å². The van der Waals surface area contributed by atoms with E-state index in [1.807, 2.05) is 32.1 Å². The lowest BCUT2D eigenvalue weighted by atomic mass is 10.0. The van der Waals surface area contributed by atoms with Gasteiger partial charge in [-0.2, -0.15) is 0 Å². The number of benzene rings is 2. The monoisotopic (exact) mass is 452 g/mol. The second-order valence-corrected chi connectivity index (χ2v) is 8.38. The Labute approximate surface area is 200 Å². The molecule has 2 rings (SSSR count). The second-order valence-electron chi connectivity index (χ2n) is 8.38. The van der Waals surface area contributed by atoms with Gasteiger partial charge in [0.25, 0.3) is 0 Å². The zero-order chi connectivity index (χ0) is 24.5. The summed E-state index contributed by atoms with van der Waals surface area (Å²) in [5, 5.41) is 0. The Kier molecular flexibility index (Phi) is 14.3. The molecule has 0 aromatic heterocycles. The molecule has 0 amide bonds. The number of allylic oxidation sites excluding steroid dienone is 1. The van der Waals surface area contributed by atoms with Crippen LogP contribution in [-0.4, -0.2) is 24.1 Å². The van der Waals surface area contributed by atoms with E-state index in [1.54, 1.807) is 48.5 Å². The molecule has 0 heterocycles. The standard InChI is InChI=1S/C21H24O4.C8H16/c1-3-10-19(25-21(23)18-13-8-5-9-14-18)15-16(2)24-20(22)17-11-6-4-7-12-17;1-4-6-7-8(3)5-2/h4-9,11-14,16,19H,3,10,15H2,1-2H3;4,8H,1,5-7H2,2-3H3. The normalized spacial score (nSPS) is 13.0. The number of carbonyl (C=O) groups is 2. The minimum atomic E-state index is -0.363. The van der Waals surface area contributed by atoms with Crippen LogP contribution < -0.4 is 0 Å². The first-order chi connectivity index (χ1) is 15.9. The van der Waals surface area contributed by atoms with Gasteiger partial charge in [-0.25, -0.2) is 9.59 Å². The Morgan fingerprint density at radius 3 is 1.82 bits per heavy atom. The Morgan fingerprint density at radius 1 is 0.848 bits per heavy atom. The fourth-order valence-corrected chi connectivity index (χ4v) is 3.19. The van der Waals surface area contributed by atoms with Crippen LogP contribution in [0.4, 0.5) is 0 Å². The van der Waals surface area contributed by atoms with Crippen LogP contribution in [0.5, 0.6) is 0 Å². The SMILES string of the molecule is C=CCCC(C)CC.CCCC(CC(C)OC(=O)c1ccccc1)OC(=O)c1ccccc1. The third kappa shape index (κ3) is 12.1. The first kappa shape index (κ1) is 28.2. The van der Waals surface area contributed by atoms with Gasteiger partial charge in [0.1, 0.15) is 12.2 Å². The van der Waals surface area contributed by atoms with Crippen molar-refractivity contribution in [3.05, 3.63) is 84.4 Å². The molecule has 2 aromatic rings. The van der Waals surface area contributed by atoms with Crippen LogP contribution in [0.1, 0.15) is 86.9 Å². The molecule has 0 spiro atoms. The van der Waals surface area contributed by atoms with E-state index < -0.39 is 0 Å². The summed E-state index contributed by atoms with van der Waals surface area (Å²) < 4.78 is 11.1. The van der Waals surface area contributed by atoms with E-state index >= 15 is 0 Å². The highest BCUT2D eigenvalue weighted by atomic mass is 16.6. The quantitative estimate of drug-likeness (QED) is 0.245. The summed E-state index contributed by atoms with van der Waals surface area (Å²) in [5.41, 5.74) is 1.04. The smallest absolute Gasteiger partial charge is 0.338 e. The molecule has 4 nitrogen and oxygen atoms in total. The predicted octanol–water partition coefficient (Wildman–Crippen LogP) is 7.65. The molecule has 2 aromatic carbocycles. The molecule has 0 saturated carbocycles. The molecule has 0 bridgehead atoms. The minimum absolute atomic E-state index is 0.281. The van der Waals surface area contributed by atoms with E-state index in [-0.39, 0.29) is 24.1 Å². The number of hydrogen-bond donors (Lipinski definition) is 0. The van der Waals surface area contributed by atoms with Crippen LogP contribution in [-0.2, 0) is 9.47 Å². The van der Waals surface area contributed by atoms with Gasteiger partial charge in [0.2, 0.25) is 0 Å². The fourth-order valence-electron chi connectivity index (χ4n) is 3.19. The fraction of sp³-hybridized carbons (Fsp3) is 0.448. The van der Waals surface area contributed by atoms with Gasteiger partial charge >= 0.3 is 11.9 Å². The van der Waals surface area contributed by atoms with Gasteiger partial charge in [-0.15, -0.1) is 6.58 Å². The van der Waals surface area contributed by atoms with E-state index in [1.165, 1.54) is 19.3 Å². The summed E-state index contributed by atoms with van der Waals surface area (Å²) in [6, 6.07) is 17.8. The van der Waals surface area contributed by atoms with Crippen molar-refractivity contribution < 1.29 is 19.1 Å². The van der Waals surface area contributed by atoms with Gasteiger partial charge < -0.3 is 9.47 Å². The van der Waals surface area contributed by atoms with E-state index in [2.05, 4.69) is 20.4 Å². The maximum absolute atomic E-state index is 12.2. The summed E-state index contributed by atoms with van der Waals surface area (Å²) in [4.78, 5) is 24.3. The summed E-state index contributed by atoms with van der Waals surface area (Å²) in [5.74, 6) is 0.173. The highest BCUT2D eigenvalue weighted by molar-refractivity contribution is 5.90. The van der Waals surface area contributed by atoms with Crippen molar-refractivity contribution in [1.82, 2.24) is 0 Å². The third-order valence-corrected chi connectivity index (χ3v) is 5.37. The molecule has 0 saturated heterocycles. The predicted molar refractivity (Wildman–Crippen MR) is 135 cm³/mol. The molecule has 180 valence electrons.